The minimum Gasteiger partial charge on any atom is -0.366 e. The van der Waals surface area contributed by atoms with Crippen molar-refractivity contribution in [3.05, 3.63) is 77.9 Å². The van der Waals surface area contributed by atoms with E-state index >= 15 is 0 Å². The molecule has 0 atom stereocenters. The summed E-state index contributed by atoms with van der Waals surface area (Å²) in [5, 5.41) is 2.49. The van der Waals surface area contributed by atoms with Crippen LogP contribution in [0.5, 0.6) is 0 Å². The van der Waals surface area contributed by atoms with E-state index in [1.165, 1.54) is 21.8 Å². The van der Waals surface area contributed by atoms with Crippen molar-refractivity contribution < 1.29 is 4.79 Å². The summed E-state index contributed by atoms with van der Waals surface area (Å²) in [5.74, 6) is -0.432. The maximum Gasteiger partial charge on any atom is 0.248 e. The van der Waals surface area contributed by atoms with Gasteiger partial charge >= 0.3 is 0 Å². The maximum absolute atomic E-state index is 11.1. The van der Waals surface area contributed by atoms with Crippen LogP contribution in [0.2, 0.25) is 0 Å². The van der Waals surface area contributed by atoms with Crippen LogP contribution < -0.4 is 5.73 Å². The van der Waals surface area contributed by atoms with Crippen LogP contribution in [0.25, 0.3) is 21.8 Å². The van der Waals surface area contributed by atoms with Crippen LogP contribution in [0, 0.1) is 0 Å². The van der Waals surface area contributed by atoms with Crippen molar-refractivity contribution in [2.75, 3.05) is 0 Å². The molecule has 0 aliphatic heterocycles. The summed E-state index contributed by atoms with van der Waals surface area (Å²) < 4.78 is 2.33. The highest BCUT2D eigenvalue weighted by atomic mass is 16.1. The molecule has 3 aromatic carbocycles. The van der Waals surface area contributed by atoms with Crippen LogP contribution in [0.1, 0.15) is 22.8 Å². The van der Waals surface area contributed by atoms with E-state index in [2.05, 4.69) is 58.9 Å². The van der Waals surface area contributed by atoms with E-state index in [1.54, 1.807) is 24.3 Å². The van der Waals surface area contributed by atoms with Gasteiger partial charge in [0, 0.05) is 40.1 Å². The predicted molar refractivity (Wildman–Crippen MR) is 107 cm³/mol. The van der Waals surface area contributed by atoms with Gasteiger partial charge in [0.1, 0.15) is 0 Å². The Morgan fingerprint density at radius 1 is 1.00 bits per heavy atom. The summed E-state index contributed by atoms with van der Waals surface area (Å²) in [7, 11) is 0. The number of hydrogen-bond acceptors (Lipinski definition) is 2. The van der Waals surface area contributed by atoms with Crippen LogP contribution in [0.3, 0.4) is 0 Å². The van der Waals surface area contributed by atoms with Crippen molar-refractivity contribution in [2.24, 2.45) is 10.7 Å². The Morgan fingerprint density at radius 2 is 1.73 bits per heavy atom. The number of amides is 1. The van der Waals surface area contributed by atoms with E-state index in [0.717, 1.165) is 17.8 Å². The van der Waals surface area contributed by atoms with Gasteiger partial charge in [0.25, 0.3) is 0 Å². The number of fused-ring (bicyclic) bond motifs is 3. The van der Waals surface area contributed by atoms with Gasteiger partial charge in [-0.2, -0.15) is 0 Å². The summed E-state index contributed by atoms with van der Waals surface area (Å²) in [6.45, 7) is 3.10. The van der Waals surface area contributed by atoms with E-state index in [4.69, 9.17) is 5.73 Å². The van der Waals surface area contributed by atoms with Crippen LogP contribution in [-0.4, -0.2) is 16.7 Å². The van der Waals surface area contributed by atoms with Gasteiger partial charge < -0.3 is 10.3 Å². The van der Waals surface area contributed by atoms with Crippen molar-refractivity contribution in [2.45, 2.75) is 13.5 Å². The average molecular weight is 341 g/mol. The quantitative estimate of drug-likeness (QED) is 0.539. The summed E-state index contributed by atoms with van der Waals surface area (Å²) >= 11 is 0. The molecule has 0 unspecified atom stereocenters. The van der Waals surface area contributed by atoms with Crippen LogP contribution >= 0.6 is 0 Å². The summed E-state index contributed by atoms with van der Waals surface area (Å²) in [5.41, 5.74) is 10.1. The Kier molecular flexibility index (Phi) is 4.01. The highest BCUT2D eigenvalue weighted by Crippen LogP contribution is 2.29. The molecule has 128 valence electrons. The third kappa shape index (κ3) is 2.75. The molecule has 0 bridgehead atoms. The highest BCUT2D eigenvalue weighted by Gasteiger charge is 2.09. The van der Waals surface area contributed by atoms with Crippen molar-refractivity contribution in [3.63, 3.8) is 0 Å². The third-order valence-electron chi connectivity index (χ3n) is 4.63. The minimum atomic E-state index is -0.432. The second kappa shape index (κ2) is 6.48. The molecule has 1 heterocycles. The smallest absolute Gasteiger partial charge is 0.248 e. The number of carbonyl (C=O) groups is 1. The Bertz CT molecular complexity index is 1140. The lowest BCUT2D eigenvalue weighted by atomic mass is 10.1. The van der Waals surface area contributed by atoms with Crippen molar-refractivity contribution >= 4 is 39.6 Å². The number of benzene rings is 3. The first-order valence-electron chi connectivity index (χ1n) is 8.62. The molecule has 4 heteroatoms. The molecule has 4 nitrogen and oxygen atoms in total. The second-order valence-corrected chi connectivity index (χ2v) is 6.21. The molecule has 0 aliphatic carbocycles. The number of primary amides is 1. The van der Waals surface area contributed by atoms with Gasteiger partial charge in [0.2, 0.25) is 5.91 Å². The zero-order chi connectivity index (χ0) is 18.1. The van der Waals surface area contributed by atoms with Gasteiger partial charge in [-0.15, -0.1) is 0 Å². The normalized spacial score (nSPS) is 11.6. The Hall–Kier alpha value is -3.40. The number of para-hydroxylation sites is 1. The molecular formula is C22H19N3O. The van der Waals surface area contributed by atoms with Crippen molar-refractivity contribution in [3.8, 4) is 0 Å². The standard InChI is InChI=1S/C22H19N3O/c1-2-25-20-6-4-3-5-18(20)19-13-15(7-12-21(19)25)14-24-17-10-8-16(9-11-17)22(23)26/h3-14H,2H2,1H3,(H2,23,26). The fraction of sp³-hybridized carbons (Fsp3) is 0.0909. The molecule has 0 aliphatic rings. The Labute approximate surface area is 151 Å². The Balaban J connectivity index is 1.73. The first kappa shape index (κ1) is 16.1. The van der Waals surface area contributed by atoms with E-state index < -0.39 is 5.91 Å². The minimum absolute atomic E-state index is 0.432. The number of nitrogens with zero attached hydrogens (tertiary/aromatic N) is 2. The van der Waals surface area contributed by atoms with Gasteiger partial charge in [-0.25, -0.2) is 0 Å². The van der Waals surface area contributed by atoms with E-state index in [1.807, 2.05) is 6.21 Å². The maximum atomic E-state index is 11.1. The molecule has 0 fully saturated rings. The number of aromatic nitrogens is 1. The number of rotatable bonds is 4. The number of carbonyl (C=O) groups excluding carboxylic acids is 1. The number of nitrogens with two attached hydrogens (primary N) is 1. The van der Waals surface area contributed by atoms with Crippen molar-refractivity contribution in [1.82, 2.24) is 4.57 Å². The lowest BCUT2D eigenvalue weighted by Crippen LogP contribution is -2.10. The molecule has 26 heavy (non-hydrogen) atoms. The summed E-state index contributed by atoms with van der Waals surface area (Å²) in [6, 6.07) is 21.8. The molecule has 4 aromatic rings. The van der Waals surface area contributed by atoms with Crippen LogP contribution in [0.15, 0.2) is 71.7 Å². The fourth-order valence-electron chi connectivity index (χ4n) is 3.35. The van der Waals surface area contributed by atoms with Gasteiger partial charge in [-0.1, -0.05) is 24.3 Å². The molecule has 1 aromatic heterocycles. The lowest BCUT2D eigenvalue weighted by Gasteiger charge is -2.02. The third-order valence-corrected chi connectivity index (χ3v) is 4.63. The van der Waals surface area contributed by atoms with Crippen LogP contribution in [-0.2, 0) is 6.54 Å². The molecule has 0 spiro atoms. The predicted octanol–water partition coefficient (Wildman–Crippen LogP) is 4.66. The zero-order valence-electron chi connectivity index (χ0n) is 14.5. The fourth-order valence-corrected chi connectivity index (χ4v) is 3.35. The zero-order valence-corrected chi connectivity index (χ0v) is 14.5. The first-order valence-corrected chi connectivity index (χ1v) is 8.62. The molecule has 0 saturated heterocycles. The topological polar surface area (TPSA) is 60.4 Å². The average Bonchev–Trinajstić information content (AvgIpc) is 2.99. The first-order chi connectivity index (χ1) is 12.7. The number of aliphatic imine (C=N–C) groups is 1. The largest absolute Gasteiger partial charge is 0.366 e. The van der Waals surface area contributed by atoms with E-state index in [9.17, 15) is 4.79 Å². The van der Waals surface area contributed by atoms with E-state index in [0.29, 0.717) is 5.56 Å². The van der Waals surface area contributed by atoms with Gasteiger partial charge in [0.15, 0.2) is 0 Å². The molecule has 1 amide bonds. The number of aryl methyl sites for hydroxylation is 1. The highest BCUT2D eigenvalue weighted by molar-refractivity contribution is 6.09. The molecule has 2 N–H and O–H groups in total. The van der Waals surface area contributed by atoms with Crippen LogP contribution in [0.4, 0.5) is 5.69 Å². The molecule has 4 rings (SSSR count). The molecular weight excluding hydrogens is 322 g/mol. The van der Waals surface area contributed by atoms with Crippen molar-refractivity contribution in [1.29, 1.82) is 0 Å². The van der Waals surface area contributed by atoms with Gasteiger partial charge in [-0.3, -0.25) is 9.79 Å². The molecule has 0 saturated carbocycles. The summed E-state index contributed by atoms with van der Waals surface area (Å²) in [4.78, 5) is 15.6. The van der Waals surface area contributed by atoms with Gasteiger partial charge in [0.05, 0.1) is 5.69 Å². The second-order valence-electron chi connectivity index (χ2n) is 6.21. The van der Waals surface area contributed by atoms with Gasteiger partial charge in [-0.05, 0) is 55.0 Å². The SMILES string of the molecule is CCn1c2ccccc2c2cc(C=Nc3ccc(C(N)=O)cc3)ccc21. The van der Waals surface area contributed by atoms with E-state index in [-0.39, 0.29) is 0 Å². The Morgan fingerprint density at radius 3 is 2.46 bits per heavy atom. The molecule has 0 radical (unpaired) electrons. The summed E-state index contributed by atoms with van der Waals surface area (Å²) in [6.07, 6.45) is 1.84. The lowest BCUT2D eigenvalue weighted by molar-refractivity contribution is 0.100. The number of hydrogen-bond donors (Lipinski definition) is 1. The monoisotopic (exact) mass is 341 g/mol.